The molecule has 0 aliphatic carbocycles. The lowest BCUT2D eigenvalue weighted by atomic mass is 9.81. The van der Waals surface area contributed by atoms with Gasteiger partial charge in [0.05, 0.1) is 12.0 Å². The molecule has 7 heteroatoms. The fourth-order valence-electron chi connectivity index (χ4n) is 3.87. The number of para-hydroxylation sites is 2. The third-order valence-electron chi connectivity index (χ3n) is 5.04. The van der Waals surface area contributed by atoms with Gasteiger partial charge in [0.25, 0.3) is 0 Å². The Hall–Kier alpha value is -2.18. The first-order valence-electron chi connectivity index (χ1n) is 8.27. The Morgan fingerprint density at radius 2 is 1.88 bits per heavy atom. The number of hydrogen-bond acceptors (Lipinski definition) is 3. The second kappa shape index (κ2) is 7.21. The number of amides is 1. The summed E-state index contributed by atoms with van der Waals surface area (Å²) in [6, 6.07) is 14.3. The fraction of sp³-hybridized carbons (Fsp3) is 0.316. The maximum Gasteiger partial charge on any atom is 0.387 e. The van der Waals surface area contributed by atoms with Crippen LogP contribution in [0.25, 0.3) is 0 Å². The molecular formula is C19H19ClF2N2O2. The number of carbonyl (C=O) groups is 1. The van der Waals surface area contributed by atoms with Gasteiger partial charge in [-0.15, -0.1) is 12.4 Å². The van der Waals surface area contributed by atoms with Gasteiger partial charge in [-0.05, 0) is 30.7 Å². The first-order valence-corrected chi connectivity index (χ1v) is 8.27. The fourth-order valence-corrected chi connectivity index (χ4v) is 3.87. The number of anilines is 1. The van der Waals surface area contributed by atoms with Crippen molar-refractivity contribution in [2.24, 2.45) is 0 Å². The number of alkyl halides is 2. The quantitative estimate of drug-likeness (QED) is 0.882. The Morgan fingerprint density at radius 1 is 1.15 bits per heavy atom. The summed E-state index contributed by atoms with van der Waals surface area (Å²) in [4.78, 5) is 14.9. The highest BCUT2D eigenvalue weighted by Crippen LogP contribution is 2.46. The number of carbonyl (C=O) groups excluding carboxylic acids is 1. The Morgan fingerprint density at radius 3 is 2.62 bits per heavy atom. The van der Waals surface area contributed by atoms with Crippen molar-refractivity contribution in [3.63, 3.8) is 0 Å². The third-order valence-corrected chi connectivity index (χ3v) is 5.04. The second-order valence-corrected chi connectivity index (χ2v) is 6.40. The van der Waals surface area contributed by atoms with Crippen molar-refractivity contribution < 1.29 is 18.3 Å². The molecule has 0 saturated carbocycles. The summed E-state index contributed by atoms with van der Waals surface area (Å²) in [7, 11) is 0. The molecule has 0 bridgehead atoms. The largest absolute Gasteiger partial charge is 0.434 e. The van der Waals surface area contributed by atoms with Crippen LogP contribution in [0.2, 0.25) is 0 Å². The molecule has 26 heavy (non-hydrogen) atoms. The lowest BCUT2D eigenvalue weighted by molar-refractivity contribution is -0.122. The minimum absolute atomic E-state index is 0. The van der Waals surface area contributed by atoms with Crippen LogP contribution in [-0.4, -0.2) is 25.6 Å². The van der Waals surface area contributed by atoms with Crippen LogP contribution in [0.3, 0.4) is 0 Å². The number of halogens is 3. The third kappa shape index (κ3) is 2.93. The summed E-state index contributed by atoms with van der Waals surface area (Å²) in [5, 5.41) is 3.28. The van der Waals surface area contributed by atoms with Gasteiger partial charge in [-0.3, -0.25) is 4.79 Å². The number of ether oxygens (including phenoxy) is 1. The van der Waals surface area contributed by atoms with E-state index in [1.54, 1.807) is 23.1 Å². The van der Waals surface area contributed by atoms with Crippen LogP contribution in [0.5, 0.6) is 5.75 Å². The van der Waals surface area contributed by atoms with Crippen LogP contribution in [0.1, 0.15) is 17.5 Å². The van der Waals surface area contributed by atoms with Crippen molar-refractivity contribution in [3.8, 4) is 5.75 Å². The smallest absolute Gasteiger partial charge is 0.387 e. The summed E-state index contributed by atoms with van der Waals surface area (Å²) >= 11 is 0. The highest BCUT2D eigenvalue weighted by Gasteiger charge is 2.52. The van der Waals surface area contributed by atoms with Crippen molar-refractivity contribution >= 4 is 24.0 Å². The first kappa shape index (κ1) is 18.6. The molecule has 0 aromatic heterocycles. The highest BCUT2D eigenvalue weighted by atomic mass is 35.5. The summed E-state index contributed by atoms with van der Waals surface area (Å²) in [5.41, 5.74) is 1.88. The maximum atomic E-state index is 13.2. The van der Waals surface area contributed by atoms with Gasteiger partial charge in [0.2, 0.25) is 5.91 Å². The number of benzene rings is 2. The van der Waals surface area contributed by atoms with E-state index >= 15 is 0 Å². The van der Waals surface area contributed by atoms with Crippen molar-refractivity contribution in [2.45, 2.75) is 25.0 Å². The van der Waals surface area contributed by atoms with Crippen LogP contribution in [0.15, 0.2) is 48.5 Å². The van der Waals surface area contributed by atoms with Gasteiger partial charge >= 0.3 is 6.61 Å². The molecule has 1 spiro atoms. The lowest BCUT2D eigenvalue weighted by Gasteiger charge is -2.23. The van der Waals surface area contributed by atoms with Crippen LogP contribution in [-0.2, 0) is 16.8 Å². The van der Waals surface area contributed by atoms with Gasteiger partial charge in [-0.2, -0.15) is 8.78 Å². The zero-order valence-corrected chi connectivity index (χ0v) is 14.8. The topological polar surface area (TPSA) is 41.6 Å². The van der Waals surface area contributed by atoms with Gasteiger partial charge in [0.15, 0.2) is 0 Å². The normalized spacial score (nSPS) is 21.2. The van der Waals surface area contributed by atoms with Crippen LogP contribution < -0.4 is 15.0 Å². The molecule has 2 aromatic rings. The molecular weight excluding hydrogens is 362 g/mol. The van der Waals surface area contributed by atoms with Gasteiger partial charge in [-0.1, -0.05) is 36.4 Å². The highest BCUT2D eigenvalue weighted by molar-refractivity contribution is 6.08. The first-order chi connectivity index (χ1) is 12.1. The number of rotatable bonds is 4. The molecule has 1 amide bonds. The zero-order chi connectivity index (χ0) is 17.4. The predicted octanol–water partition coefficient (Wildman–Crippen LogP) is 3.49. The van der Waals surface area contributed by atoms with Gasteiger partial charge in [0, 0.05) is 17.8 Å². The molecule has 138 valence electrons. The standard InChI is InChI=1S/C19H18F2N2O2.ClH/c20-18(21)25-16-8-4-1-5-13(16)11-23-15-7-3-2-6-14(15)19(17(23)24)9-10-22-12-19;/h1-8,18,22H,9-12H2;1H. The average Bonchev–Trinajstić information content (AvgIpc) is 3.18. The molecule has 2 aliphatic heterocycles. The Labute approximate surface area is 156 Å². The summed E-state index contributed by atoms with van der Waals surface area (Å²) in [5.74, 6) is 0.124. The monoisotopic (exact) mass is 380 g/mol. The number of nitrogens with zero attached hydrogens (tertiary/aromatic N) is 1. The summed E-state index contributed by atoms with van der Waals surface area (Å²) in [6.45, 7) is -1.29. The number of fused-ring (bicyclic) bond motifs is 2. The Balaban J connectivity index is 0.00000196. The van der Waals surface area contributed by atoms with E-state index in [0.717, 1.165) is 24.2 Å². The van der Waals surface area contributed by atoms with Crippen molar-refractivity contribution in [2.75, 3.05) is 18.0 Å². The van der Waals surface area contributed by atoms with Gasteiger partial charge < -0.3 is 15.0 Å². The minimum atomic E-state index is -2.90. The molecule has 0 radical (unpaired) electrons. The van der Waals surface area contributed by atoms with E-state index in [1.807, 2.05) is 24.3 Å². The van der Waals surface area contributed by atoms with Crippen molar-refractivity contribution in [1.82, 2.24) is 5.32 Å². The molecule has 2 aliphatic rings. The number of hydrogen-bond donors (Lipinski definition) is 1. The van der Waals surface area contributed by atoms with Gasteiger partial charge in [-0.25, -0.2) is 0 Å². The molecule has 1 fully saturated rings. The number of nitrogens with one attached hydrogen (secondary N) is 1. The van der Waals surface area contributed by atoms with E-state index in [2.05, 4.69) is 10.1 Å². The molecule has 1 atom stereocenters. The minimum Gasteiger partial charge on any atom is -0.434 e. The summed E-state index contributed by atoms with van der Waals surface area (Å²) in [6.07, 6.45) is 0.745. The average molecular weight is 381 g/mol. The van der Waals surface area contributed by atoms with Crippen molar-refractivity contribution in [1.29, 1.82) is 0 Å². The molecule has 4 rings (SSSR count). The van der Waals surface area contributed by atoms with Crippen LogP contribution in [0.4, 0.5) is 14.5 Å². The van der Waals surface area contributed by atoms with E-state index in [4.69, 9.17) is 0 Å². The van der Waals surface area contributed by atoms with Gasteiger partial charge in [0.1, 0.15) is 5.75 Å². The zero-order valence-electron chi connectivity index (χ0n) is 14.0. The summed E-state index contributed by atoms with van der Waals surface area (Å²) < 4.78 is 29.9. The predicted molar refractivity (Wildman–Crippen MR) is 97.1 cm³/mol. The van der Waals surface area contributed by atoms with E-state index < -0.39 is 12.0 Å². The maximum absolute atomic E-state index is 13.2. The van der Waals surface area contributed by atoms with Crippen LogP contribution in [0, 0.1) is 0 Å². The molecule has 1 saturated heterocycles. The Bertz CT molecular complexity index is 810. The van der Waals surface area contributed by atoms with Crippen LogP contribution >= 0.6 is 12.4 Å². The SMILES string of the molecule is Cl.O=C1N(Cc2ccccc2OC(F)F)c2ccccc2C12CCNC2. The van der Waals surface area contributed by atoms with E-state index in [-0.39, 0.29) is 30.6 Å². The van der Waals surface area contributed by atoms with E-state index in [1.165, 1.54) is 6.07 Å². The molecule has 1 N–H and O–H groups in total. The van der Waals surface area contributed by atoms with E-state index in [0.29, 0.717) is 12.1 Å². The second-order valence-electron chi connectivity index (χ2n) is 6.40. The molecule has 4 nitrogen and oxygen atoms in total. The molecule has 1 unspecified atom stereocenters. The lowest BCUT2D eigenvalue weighted by Crippen LogP contribution is -2.41. The van der Waals surface area contributed by atoms with E-state index in [9.17, 15) is 13.6 Å². The van der Waals surface area contributed by atoms with Crippen molar-refractivity contribution in [3.05, 3.63) is 59.7 Å². The molecule has 2 aromatic carbocycles. The molecule has 2 heterocycles. The Kier molecular flexibility index (Phi) is 5.16.